The van der Waals surface area contributed by atoms with Gasteiger partial charge in [-0.05, 0) is 24.3 Å². The number of methoxy groups -OCH3 is 1. The summed E-state index contributed by atoms with van der Waals surface area (Å²) in [6.45, 7) is 1.01. The Morgan fingerprint density at radius 3 is 3.08 bits per heavy atom. The van der Waals surface area contributed by atoms with Crippen molar-refractivity contribution in [3.8, 4) is 0 Å². The van der Waals surface area contributed by atoms with Crippen LogP contribution in [0, 0.1) is 0 Å². The second-order valence-corrected chi connectivity index (χ2v) is 4.52. The molecule has 0 atom stereocenters. The van der Waals surface area contributed by atoms with Crippen molar-refractivity contribution in [3.63, 3.8) is 0 Å². The Labute approximate surface area is 82.9 Å². The molecule has 0 spiro atoms. The molecule has 0 aromatic carbocycles. The fraction of sp³-hybridized carbons (Fsp3) is 0.600. The molecule has 1 heterocycles. The SMILES string of the molecule is COC1CC(NCc2cccs2)C1. The van der Waals surface area contributed by atoms with E-state index in [4.69, 9.17) is 4.74 Å². The number of rotatable bonds is 4. The van der Waals surface area contributed by atoms with E-state index in [1.54, 1.807) is 7.11 Å². The van der Waals surface area contributed by atoms with Gasteiger partial charge in [-0.15, -0.1) is 11.3 Å². The van der Waals surface area contributed by atoms with Gasteiger partial charge in [-0.3, -0.25) is 0 Å². The number of nitrogens with one attached hydrogen (secondary N) is 1. The topological polar surface area (TPSA) is 21.3 Å². The molecular weight excluding hydrogens is 182 g/mol. The molecule has 72 valence electrons. The maximum Gasteiger partial charge on any atom is 0.0601 e. The molecule has 0 radical (unpaired) electrons. The number of hydrogen-bond acceptors (Lipinski definition) is 3. The molecule has 0 amide bonds. The van der Waals surface area contributed by atoms with Crippen LogP contribution in [0.2, 0.25) is 0 Å². The number of hydrogen-bond donors (Lipinski definition) is 1. The lowest BCUT2D eigenvalue weighted by atomic mass is 9.89. The van der Waals surface area contributed by atoms with Crippen molar-refractivity contribution in [2.75, 3.05) is 7.11 Å². The first-order valence-corrected chi connectivity index (χ1v) is 5.55. The largest absolute Gasteiger partial charge is 0.381 e. The van der Waals surface area contributed by atoms with E-state index in [9.17, 15) is 0 Å². The summed E-state index contributed by atoms with van der Waals surface area (Å²) >= 11 is 1.81. The summed E-state index contributed by atoms with van der Waals surface area (Å²) in [7, 11) is 1.79. The molecular formula is C10H15NOS. The maximum atomic E-state index is 5.22. The van der Waals surface area contributed by atoms with E-state index in [1.165, 1.54) is 17.7 Å². The van der Waals surface area contributed by atoms with Crippen LogP contribution in [-0.4, -0.2) is 19.3 Å². The molecule has 1 aliphatic rings. The molecule has 0 aliphatic heterocycles. The zero-order valence-electron chi connectivity index (χ0n) is 7.82. The summed E-state index contributed by atoms with van der Waals surface area (Å²) in [6.07, 6.45) is 2.84. The van der Waals surface area contributed by atoms with Gasteiger partial charge < -0.3 is 10.1 Å². The Kier molecular flexibility index (Phi) is 2.98. The minimum absolute atomic E-state index is 0.501. The first-order chi connectivity index (χ1) is 6.38. The average molecular weight is 197 g/mol. The molecule has 2 nitrogen and oxygen atoms in total. The molecule has 1 saturated carbocycles. The molecule has 1 fully saturated rings. The van der Waals surface area contributed by atoms with E-state index in [-0.39, 0.29) is 0 Å². The first kappa shape index (κ1) is 9.19. The highest BCUT2D eigenvalue weighted by Crippen LogP contribution is 2.23. The lowest BCUT2D eigenvalue weighted by Gasteiger charge is -2.34. The molecule has 3 heteroatoms. The lowest BCUT2D eigenvalue weighted by molar-refractivity contribution is 0.0170. The molecule has 0 saturated heterocycles. The van der Waals surface area contributed by atoms with Crippen molar-refractivity contribution < 1.29 is 4.74 Å². The molecule has 1 aromatic heterocycles. The summed E-state index contributed by atoms with van der Waals surface area (Å²) in [5.41, 5.74) is 0. The highest BCUT2D eigenvalue weighted by Gasteiger charge is 2.28. The van der Waals surface area contributed by atoms with Crippen LogP contribution in [0.25, 0.3) is 0 Å². The first-order valence-electron chi connectivity index (χ1n) is 4.67. The molecule has 0 bridgehead atoms. The average Bonchev–Trinajstić information content (AvgIpc) is 2.54. The van der Waals surface area contributed by atoms with Crippen LogP contribution >= 0.6 is 11.3 Å². The van der Waals surface area contributed by atoms with E-state index in [0.717, 1.165) is 6.54 Å². The van der Waals surface area contributed by atoms with Gasteiger partial charge in [0.25, 0.3) is 0 Å². The van der Waals surface area contributed by atoms with Crippen molar-refractivity contribution in [2.24, 2.45) is 0 Å². The molecule has 13 heavy (non-hydrogen) atoms. The summed E-state index contributed by atoms with van der Waals surface area (Å²) in [6, 6.07) is 4.94. The van der Waals surface area contributed by atoms with Crippen molar-refractivity contribution in [3.05, 3.63) is 22.4 Å². The van der Waals surface area contributed by atoms with Crippen molar-refractivity contribution >= 4 is 11.3 Å². The van der Waals surface area contributed by atoms with Gasteiger partial charge in [-0.2, -0.15) is 0 Å². The highest BCUT2D eigenvalue weighted by molar-refractivity contribution is 7.09. The van der Waals surface area contributed by atoms with E-state index in [2.05, 4.69) is 22.8 Å². The quantitative estimate of drug-likeness (QED) is 0.797. The van der Waals surface area contributed by atoms with Crippen LogP contribution in [0.15, 0.2) is 17.5 Å². The number of thiophene rings is 1. The van der Waals surface area contributed by atoms with E-state index < -0.39 is 0 Å². The summed E-state index contributed by atoms with van der Waals surface area (Å²) in [5, 5.41) is 5.64. The lowest BCUT2D eigenvalue weighted by Crippen LogP contribution is -2.44. The van der Waals surface area contributed by atoms with Gasteiger partial charge in [0.1, 0.15) is 0 Å². The monoisotopic (exact) mass is 197 g/mol. The second-order valence-electron chi connectivity index (χ2n) is 3.49. The Hall–Kier alpha value is -0.380. The van der Waals surface area contributed by atoms with Crippen LogP contribution in [0.5, 0.6) is 0 Å². The fourth-order valence-electron chi connectivity index (χ4n) is 1.58. The molecule has 0 unspecified atom stereocenters. The van der Waals surface area contributed by atoms with E-state index >= 15 is 0 Å². The Bertz CT molecular complexity index is 241. The van der Waals surface area contributed by atoms with Crippen LogP contribution in [0.3, 0.4) is 0 Å². The van der Waals surface area contributed by atoms with Gasteiger partial charge >= 0.3 is 0 Å². The standard InChI is InChI=1S/C10H15NOS/c1-12-9-5-8(6-9)11-7-10-3-2-4-13-10/h2-4,8-9,11H,5-7H2,1H3. The van der Waals surface area contributed by atoms with Gasteiger partial charge in [0.2, 0.25) is 0 Å². The highest BCUT2D eigenvalue weighted by atomic mass is 32.1. The second kappa shape index (κ2) is 4.22. The van der Waals surface area contributed by atoms with Gasteiger partial charge in [0.05, 0.1) is 6.10 Å². The van der Waals surface area contributed by atoms with Crippen LogP contribution in [-0.2, 0) is 11.3 Å². The summed E-state index contributed by atoms with van der Waals surface area (Å²) in [5.74, 6) is 0. The zero-order valence-corrected chi connectivity index (χ0v) is 8.64. The minimum atomic E-state index is 0.501. The third-order valence-electron chi connectivity index (χ3n) is 2.57. The summed E-state index contributed by atoms with van der Waals surface area (Å²) < 4.78 is 5.22. The van der Waals surface area contributed by atoms with Crippen molar-refractivity contribution in [1.82, 2.24) is 5.32 Å². The predicted molar refractivity (Wildman–Crippen MR) is 55.0 cm³/mol. The smallest absolute Gasteiger partial charge is 0.0601 e. The van der Waals surface area contributed by atoms with Gasteiger partial charge in [0.15, 0.2) is 0 Å². The fourth-order valence-corrected chi connectivity index (χ4v) is 2.24. The van der Waals surface area contributed by atoms with Crippen LogP contribution in [0.1, 0.15) is 17.7 Å². The number of ether oxygens (including phenoxy) is 1. The maximum absolute atomic E-state index is 5.22. The molecule has 1 aromatic rings. The van der Waals surface area contributed by atoms with Crippen LogP contribution < -0.4 is 5.32 Å². The van der Waals surface area contributed by atoms with E-state index in [0.29, 0.717) is 12.1 Å². The predicted octanol–water partition coefficient (Wildman–Crippen LogP) is 2.02. The van der Waals surface area contributed by atoms with Gasteiger partial charge in [0, 0.05) is 24.6 Å². The molecule has 1 N–H and O–H groups in total. The Morgan fingerprint density at radius 2 is 2.46 bits per heavy atom. The molecule has 2 rings (SSSR count). The molecule has 1 aliphatic carbocycles. The third-order valence-corrected chi connectivity index (χ3v) is 3.45. The zero-order chi connectivity index (χ0) is 9.10. The van der Waals surface area contributed by atoms with Gasteiger partial charge in [-0.25, -0.2) is 0 Å². The van der Waals surface area contributed by atoms with Crippen molar-refractivity contribution in [1.29, 1.82) is 0 Å². The minimum Gasteiger partial charge on any atom is -0.381 e. The normalized spacial score (nSPS) is 27.2. The third kappa shape index (κ3) is 2.30. The van der Waals surface area contributed by atoms with Crippen molar-refractivity contribution in [2.45, 2.75) is 31.5 Å². The Balaban J connectivity index is 1.65. The summed E-state index contributed by atoms with van der Waals surface area (Å²) in [4.78, 5) is 1.42. The Morgan fingerprint density at radius 1 is 1.62 bits per heavy atom. The van der Waals surface area contributed by atoms with Crippen LogP contribution in [0.4, 0.5) is 0 Å². The van der Waals surface area contributed by atoms with E-state index in [1.807, 2.05) is 11.3 Å². The van der Waals surface area contributed by atoms with Gasteiger partial charge in [-0.1, -0.05) is 6.07 Å².